The molecule has 5 nitrogen and oxygen atoms in total. The lowest BCUT2D eigenvalue weighted by atomic mass is 10.2. The van der Waals surface area contributed by atoms with Crippen LogP contribution in [0.15, 0.2) is 0 Å². The van der Waals surface area contributed by atoms with Gasteiger partial charge in [0.25, 0.3) is 0 Å². The van der Waals surface area contributed by atoms with Crippen molar-refractivity contribution in [2.24, 2.45) is 0 Å². The Morgan fingerprint density at radius 1 is 1.38 bits per heavy atom. The largest absolute Gasteiger partial charge is 0.394 e. The Balaban J connectivity index is 3.17. The van der Waals surface area contributed by atoms with Crippen LogP contribution in [0.3, 0.4) is 0 Å². The Morgan fingerprint density at radius 3 is 2.50 bits per heavy atom. The molecule has 1 aromatic rings. The molecule has 0 aliphatic rings. The van der Waals surface area contributed by atoms with Crippen molar-refractivity contribution in [3.05, 3.63) is 11.4 Å². The maximum absolute atomic E-state index is 9.15. The number of hydrogen-bond acceptors (Lipinski definition) is 5. The first-order chi connectivity index (χ1) is 7.51. The van der Waals surface area contributed by atoms with Gasteiger partial charge < -0.3 is 15.3 Å². The quantitative estimate of drug-likeness (QED) is 0.797. The van der Waals surface area contributed by atoms with Crippen LogP contribution in [0.4, 0.5) is 11.6 Å². The van der Waals surface area contributed by atoms with Crippen molar-refractivity contribution in [3.8, 4) is 0 Å². The summed E-state index contributed by atoms with van der Waals surface area (Å²) in [6.07, 6.45) is 0. The van der Waals surface area contributed by atoms with E-state index in [4.69, 9.17) is 5.11 Å². The van der Waals surface area contributed by atoms with Crippen molar-refractivity contribution in [3.63, 3.8) is 0 Å². The summed E-state index contributed by atoms with van der Waals surface area (Å²) in [5.41, 5.74) is 0.996. The zero-order valence-corrected chi connectivity index (χ0v) is 10.6. The van der Waals surface area contributed by atoms with E-state index in [1.165, 1.54) is 0 Å². The Kier molecular flexibility index (Phi) is 4.06. The van der Waals surface area contributed by atoms with Crippen molar-refractivity contribution >= 4 is 11.6 Å². The number of aromatic nitrogens is 2. The number of anilines is 2. The third-order valence-corrected chi connectivity index (χ3v) is 2.73. The van der Waals surface area contributed by atoms with Crippen molar-refractivity contribution in [2.45, 2.75) is 26.8 Å². The highest BCUT2D eigenvalue weighted by Crippen LogP contribution is 2.23. The monoisotopic (exact) mass is 224 g/mol. The number of nitrogens with zero attached hydrogens (tertiary/aromatic N) is 3. The van der Waals surface area contributed by atoms with E-state index < -0.39 is 0 Å². The molecule has 1 rings (SSSR count). The topological polar surface area (TPSA) is 61.3 Å². The molecule has 1 aromatic heterocycles. The molecule has 90 valence electrons. The van der Waals surface area contributed by atoms with Gasteiger partial charge in [0.05, 0.1) is 12.6 Å². The van der Waals surface area contributed by atoms with Crippen LogP contribution in [0.25, 0.3) is 0 Å². The van der Waals surface area contributed by atoms with Gasteiger partial charge in [-0.2, -0.15) is 0 Å². The average molecular weight is 224 g/mol. The molecule has 0 bridgehead atoms. The van der Waals surface area contributed by atoms with Gasteiger partial charge in [-0.25, -0.2) is 9.97 Å². The summed E-state index contributed by atoms with van der Waals surface area (Å²) in [7, 11) is 3.77. The molecule has 1 heterocycles. The molecule has 1 atom stereocenters. The standard InChI is InChI=1S/C11H20N4O/c1-7(6-16)15(5)11-8(2)10(12-4)13-9(3)14-11/h7,16H,6H2,1-5H3,(H,12,13,14). The Labute approximate surface area is 96.5 Å². The molecule has 0 aromatic carbocycles. The summed E-state index contributed by atoms with van der Waals surface area (Å²) in [5, 5.41) is 12.2. The van der Waals surface area contributed by atoms with E-state index in [-0.39, 0.29) is 12.6 Å². The van der Waals surface area contributed by atoms with Crippen LogP contribution in [0.2, 0.25) is 0 Å². The number of hydrogen-bond donors (Lipinski definition) is 2. The van der Waals surface area contributed by atoms with E-state index >= 15 is 0 Å². The highest BCUT2D eigenvalue weighted by Gasteiger charge is 2.15. The highest BCUT2D eigenvalue weighted by atomic mass is 16.3. The molecule has 0 amide bonds. The van der Waals surface area contributed by atoms with Gasteiger partial charge in [0.1, 0.15) is 17.5 Å². The van der Waals surface area contributed by atoms with Crippen LogP contribution in [-0.4, -0.2) is 41.8 Å². The summed E-state index contributed by atoms with van der Waals surface area (Å²) >= 11 is 0. The van der Waals surface area contributed by atoms with Crippen LogP contribution >= 0.6 is 0 Å². The first-order valence-electron chi connectivity index (χ1n) is 5.38. The second-order valence-corrected chi connectivity index (χ2v) is 3.96. The number of aliphatic hydroxyl groups excluding tert-OH is 1. The van der Waals surface area contributed by atoms with E-state index in [9.17, 15) is 0 Å². The molecular weight excluding hydrogens is 204 g/mol. The molecule has 0 aliphatic carbocycles. The Morgan fingerprint density at radius 2 is 2.00 bits per heavy atom. The van der Waals surface area contributed by atoms with Gasteiger partial charge in [-0.3, -0.25) is 0 Å². The predicted octanol–water partition coefficient (Wildman–Crippen LogP) is 0.952. The van der Waals surface area contributed by atoms with Crippen LogP contribution in [0.5, 0.6) is 0 Å². The van der Waals surface area contributed by atoms with E-state index in [1.807, 2.05) is 39.8 Å². The molecule has 0 radical (unpaired) electrons. The van der Waals surface area contributed by atoms with Gasteiger partial charge in [0.2, 0.25) is 0 Å². The Bertz CT molecular complexity index is 367. The highest BCUT2D eigenvalue weighted by molar-refractivity contribution is 5.58. The SMILES string of the molecule is CNc1nc(C)nc(N(C)C(C)CO)c1C. The van der Waals surface area contributed by atoms with Gasteiger partial charge in [-0.1, -0.05) is 0 Å². The molecular formula is C11H20N4O. The first kappa shape index (κ1) is 12.7. The summed E-state index contributed by atoms with van der Waals surface area (Å²) in [6.45, 7) is 5.90. The summed E-state index contributed by atoms with van der Waals surface area (Å²) in [5.74, 6) is 2.42. The molecule has 0 fully saturated rings. The molecule has 0 saturated carbocycles. The summed E-state index contributed by atoms with van der Waals surface area (Å²) in [6, 6.07) is 0.0395. The van der Waals surface area contributed by atoms with E-state index in [0.29, 0.717) is 0 Å². The van der Waals surface area contributed by atoms with Gasteiger partial charge in [-0.15, -0.1) is 0 Å². The second kappa shape index (κ2) is 5.12. The molecule has 16 heavy (non-hydrogen) atoms. The molecule has 5 heteroatoms. The van der Waals surface area contributed by atoms with Crippen molar-refractivity contribution in [2.75, 3.05) is 30.9 Å². The molecule has 0 spiro atoms. The van der Waals surface area contributed by atoms with Crippen molar-refractivity contribution in [1.29, 1.82) is 0 Å². The lowest BCUT2D eigenvalue weighted by Gasteiger charge is -2.26. The fraction of sp³-hybridized carbons (Fsp3) is 0.636. The molecule has 0 aliphatic heterocycles. The first-order valence-corrected chi connectivity index (χ1v) is 5.38. The van der Waals surface area contributed by atoms with E-state index in [1.54, 1.807) is 0 Å². The number of aryl methyl sites for hydroxylation is 1. The minimum atomic E-state index is 0.0395. The second-order valence-electron chi connectivity index (χ2n) is 3.96. The minimum Gasteiger partial charge on any atom is -0.394 e. The van der Waals surface area contributed by atoms with E-state index in [0.717, 1.165) is 23.0 Å². The normalized spacial score (nSPS) is 12.4. The zero-order valence-electron chi connectivity index (χ0n) is 10.6. The van der Waals surface area contributed by atoms with Crippen LogP contribution in [-0.2, 0) is 0 Å². The van der Waals surface area contributed by atoms with Crippen molar-refractivity contribution < 1.29 is 5.11 Å². The van der Waals surface area contributed by atoms with Gasteiger partial charge in [-0.05, 0) is 20.8 Å². The third-order valence-electron chi connectivity index (χ3n) is 2.73. The summed E-state index contributed by atoms with van der Waals surface area (Å²) in [4.78, 5) is 10.7. The molecule has 2 N–H and O–H groups in total. The van der Waals surface area contributed by atoms with Crippen LogP contribution in [0, 0.1) is 13.8 Å². The number of rotatable bonds is 4. The van der Waals surface area contributed by atoms with Crippen molar-refractivity contribution in [1.82, 2.24) is 9.97 Å². The zero-order chi connectivity index (χ0) is 12.3. The maximum atomic E-state index is 9.15. The lowest BCUT2D eigenvalue weighted by Crippen LogP contribution is -2.33. The van der Waals surface area contributed by atoms with Gasteiger partial charge >= 0.3 is 0 Å². The fourth-order valence-corrected chi connectivity index (χ4v) is 1.53. The lowest BCUT2D eigenvalue weighted by molar-refractivity contribution is 0.269. The third kappa shape index (κ3) is 2.41. The number of aliphatic hydroxyl groups is 1. The maximum Gasteiger partial charge on any atom is 0.137 e. The van der Waals surface area contributed by atoms with Crippen LogP contribution < -0.4 is 10.2 Å². The molecule has 1 unspecified atom stereocenters. The summed E-state index contributed by atoms with van der Waals surface area (Å²) < 4.78 is 0. The van der Waals surface area contributed by atoms with Gasteiger partial charge in [0, 0.05) is 19.7 Å². The van der Waals surface area contributed by atoms with Gasteiger partial charge in [0.15, 0.2) is 0 Å². The number of nitrogens with one attached hydrogen (secondary N) is 1. The van der Waals surface area contributed by atoms with Crippen LogP contribution in [0.1, 0.15) is 18.3 Å². The smallest absolute Gasteiger partial charge is 0.137 e. The average Bonchev–Trinajstić information content (AvgIpc) is 2.29. The van der Waals surface area contributed by atoms with E-state index in [2.05, 4.69) is 15.3 Å². The predicted molar refractivity (Wildman–Crippen MR) is 66.0 cm³/mol. The minimum absolute atomic E-state index is 0.0395. The fourth-order valence-electron chi connectivity index (χ4n) is 1.53. The Hall–Kier alpha value is -1.36. The molecule has 0 saturated heterocycles. The number of likely N-dealkylation sites (N-methyl/N-ethyl adjacent to an activating group) is 1.